The predicted octanol–water partition coefficient (Wildman–Crippen LogP) is 1.38. The fourth-order valence-corrected chi connectivity index (χ4v) is 2.50. The first kappa shape index (κ1) is 12.8. The number of halogens is 1. The molecular formula is C10H12FNO3S. The van der Waals surface area contributed by atoms with Gasteiger partial charge in [0, 0.05) is 0 Å². The van der Waals surface area contributed by atoms with Crippen LogP contribution in [0.1, 0.15) is 34.5 Å². The smallest absolute Gasteiger partial charge is 0.216 e. The van der Waals surface area contributed by atoms with Crippen LogP contribution in [-0.2, 0) is 10.0 Å². The van der Waals surface area contributed by atoms with Gasteiger partial charge in [-0.05, 0) is 24.1 Å². The lowest BCUT2D eigenvalue weighted by Gasteiger charge is -2.13. The maximum Gasteiger partial charge on any atom is 0.216 e. The van der Waals surface area contributed by atoms with E-state index in [1.807, 2.05) is 0 Å². The Morgan fingerprint density at radius 2 is 2.12 bits per heavy atom. The summed E-state index contributed by atoms with van der Waals surface area (Å²) in [6.45, 7) is 1.65. The zero-order chi connectivity index (χ0) is 12.3. The zero-order valence-corrected chi connectivity index (χ0v) is 9.50. The van der Waals surface area contributed by atoms with Gasteiger partial charge < -0.3 is 0 Å². The molecule has 0 bridgehead atoms. The molecule has 0 aliphatic rings. The van der Waals surface area contributed by atoms with E-state index in [4.69, 9.17) is 5.14 Å². The van der Waals surface area contributed by atoms with Crippen LogP contribution in [0, 0.1) is 5.82 Å². The average molecular weight is 245 g/mol. The fraction of sp³-hybridized carbons (Fsp3) is 0.300. The molecule has 0 spiro atoms. The number of rotatable bonds is 4. The topological polar surface area (TPSA) is 77.2 Å². The van der Waals surface area contributed by atoms with Gasteiger partial charge in [-0.1, -0.05) is 13.0 Å². The molecule has 0 saturated heterocycles. The van der Waals surface area contributed by atoms with E-state index in [0.29, 0.717) is 11.8 Å². The number of aldehydes is 1. The number of hydrogen-bond acceptors (Lipinski definition) is 3. The van der Waals surface area contributed by atoms with Crippen LogP contribution in [0.2, 0.25) is 0 Å². The Bertz CT molecular complexity index is 499. The molecule has 0 aliphatic heterocycles. The van der Waals surface area contributed by atoms with Gasteiger partial charge in [-0.2, -0.15) is 0 Å². The number of nitrogens with two attached hydrogens (primary N) is 1. The van der Waals surface area contributed by atoms with Crippen molar-refractivity contribution in [1.29, 1.82) is 0 Å². The molecule has 1 rings (SSSR count). The van der Waals surface area contributed by atoms with Gasteiger partial charge in [0.15, 0.2) is 6.29 Å². The molecule has 2 N–H and O–H groups in total. The molecule has 0 heterocycles. The maximum atomic E-state index is 13.0. The lowest BCUT2D eigenvalue weighted by atomic mass is 10.1. The predicted molar refractivity (Wildman–Crippen MR) is 57.9 cm³/mol. The molecule has 1 aromatic rings. The van der Waals surface area contributed by atoms with E-state index in [9.17, 15) is 17.6 Å². The lowest BCUT2D eigenvalue weighted by Crippen LogP contribution is -2.21. The first-order valence-corrected chi connectivity index (χ1v) is 6.27. The highest BCUT2D eigenvalue weighted by Crippen LogP contribution is 2.24. The Kier molecular flexibility index (Phi) is 3.77. The van der Waals surface area contributed by atoms with Crippen LogP contribution in [-0.4, -0.2) is 14.7 Å². The van der Waals surface area contributed by atoms with Crippen LogP contribution in [0.15, 0.2) is 18.2 Å². The molecule has 0 saturated carbocycles. The van der Waals surface area contributed by atoms with Crippen LogP contribution in [0.5, 0.6) is 0 Å². The molecule has 6 heteroatoms. The lowest BCUT2D eigenvalue weighted by molar-refractivity contribution is 0.111. The molecule has 88 valence electrons. The maximum absolute atomic E-state index is 13.0. The van der Waals surface area contributed by atoms with Gasteiger partial charge in [-0.15, -0.1) is 0 Å². The molecule has 16 heavy (non-hydrogen) atoms. The Hall–Kier alpha value is -1.27. The first-order chi connectivity index (χ1) is 7.40. The van der Waals surface area contributed by atoms with E-state index in [1.165, 1.54) is 12.1 Å². The van der Waals surface area contributed by atoms with Crippen LogP contribution in [0.4, 0.5) is 4.39 Å². The number of carbonyl (C=O) groups excluding carboxylic acids is 1. The van der Waals surface area contributed by atoms with E-state index in [2.05, 4.69) is 0 Å². The zero-order valence-electron chi connectivity index (χ0n) is 8.68. The van der Waals surface area contributed by atoms with Crippen molar-refractivity contribution in [2.75, 3.05) is 0 Å². The summed E-state index contributed by atoms with van der Waals surface area (Å²) in [5.74, 6) is -0.678. The van der Waals surface area contributed by atoms with Gasteiger partial charge in [-0.25, -0.2) is 17.9 Å². The molecule has 1 aromatic carbocycles. The van der Waals surface area contributed by atoms with E-state index in [0.717, 1.165) is 6.07 Å². The standard InChI is InChI=1S/C10H12FNO3S/c1-2-10(16(12,14)15)7-3-4-9(11)8(5-7)6-13/h3-6,10H,2H2,1H3,(H2,12,14,15). The van der Waals surface area contributed by atoms with Gasteiger partial charge in [-0.3, -0.25) is 4.79 Å². The number of sulfonamides is 1. The van der Waals surface area contributed by atoms with Gasteiger partial charge in [0.25, 0.3) is 0 Å². The highest BCUT2D eigenvalue weighted by molar-refractivity contribution is 7.89. The van der Waals surface area contributed by atoms with Crippen molar-refractivity contribution in [3.63, 3.8) is 0 Å². The highest BCUT2D eigenvalue weighted by Gasteiger charge is 2.22. The summed E-state index contributed by atoms with van der Waals surface area (Å²) < 4.78 is 35.5. The Labute approximate surface area is 93.3 Å². The summed E-state index contributed by atoms with van der Waals surface area (Å²) in [7, 11) is -3.74. The highest BCUT2D eigenvalue weighted by atomic mass is 32.2. The number of primary sulfonamides is 1. The minimum absolute atomic E-state index is 0.167. The largest absolute Gasteiger partial charge is 0.298 e. The minimum Gasteiger partial charge on any atom is -0.298 e. The Morgan fingerprint density at radius 1 is 1.50 bits per heavy atom. The van der Waals surface area contributed by atoms with E-state index in [-0.39, 0.29) is 12.0 Å². The van der Waals surface area contributed by atoms with E-state index < -0.39 is 21.1 Å². The van der Waals surface area contributed by atoms with Crippen LogP contribution in [0.3, 0.4) is 0 Å². The normalized spacial score (nSPS) is 13.4. The summed E-state index contributed by atoms with van der Waals surface area (Å²) in [4.78, 5) is 10.5. The van der Waals surface area contributed by atoms with Gasteiger partial charge in [0.2, 0.25) is 10.0 Å². The van der Waals surface area contributed by atoms with E-state index in [1.54, 1.807) is 6.92 Å². The summed E-state index contributed by atoms with van der Waals surface area (Å²) in [5, 5.41) is 4.13. The van der Waals surface area contributed by atoms with Gasteiger partial charge >= 0.3 is 0 Å². The fourth-order valence-electron chi connectivity index (χ4n) is 1.51. The second-order valence-corrected chi connectivity index (χ2v) is 5.13. The Balaban J connectivity index is 3.27. The second-order valence-electron chi connectivity index (χ2n) is 3.38. The number of carbonyl (C=O) groups is 1. The minimum atomic E-state index is -3.74. The molecule has 0 aromatic heterocycles. The molecule has 1 unspecified atom stereocenters. The van der Waals surface area contributed by atoms with Crippen LogP contribution in [0.25, 0.3) is 0 Å². The monoisotopic (exact) mass is 245 g/mol. The summed E-state index contributed by atoms with van der Waals surface area (Å²) in [6.07, 6.45) is 0.609. The number of hydrogen-bond donors (Lipinski definition) is 1. The van der Waals surface area contributed by atoms with Crippen molar-refractivity contribution in [1.82, 2.24) is 0 Å². The molecule has 0 radical (unpaired) electrons. The molecule has 4 nitrogen and oxygen atoms in total. The van der Waals surface area contributed by atoms with Crippen LogP contribution < -0.4 is 5.14 Å². The van der Waals surface area contributed by atoms with Gasteiger partial charge in [0.1, 0.15) is 5.82 Å². The molecule has 0 fully saturated rings. The van der Waals surface area contributed by atoms with Crippen molar-refractivity contribution >= 4 is 16.3 Å². The summed E-state index contributed by atoms with van der Waals surface area (Å²) in [6, 6.07) is 3.59. The van der Waals surface area contributed by atoms with Crippen molar-refractivity contribution in [3.8, 4) is 0 Å². The summed E-state index contributed by atoms with van der Waals surface area (Å²) >= 11 is 0. The third-order valence-corrected chi connectivity index (χ3v) is 3.68. The van der Waals surface area contributed by atoms with Crippen molar-refractivity contribution in [2.45, 2.75) is 18.6 Å². The first-order valence-electron chi connectivity index (χ1n) is 4.66. The average Bonchev–Trinajstić information content (AvgIpc) is 2.19. The molecule has 0 amide bonds. The van der Waals surface area contributed by atoms with E-state index >= 15 is 0 Å². The molecular weight excluding hydrogens is 233 g/mol. The second kappa shape index (κ2) is 4.71. The SMILES string of the molecule is CCC(c1ccc(F)c(C=O)c1)S(N)(=O)=O. The van der Waals surface area contributed by atoms with Crippen LogP contribution >= 0.6 is 0 Å². The third kappa shape index (κ3) is 2.65. The van der Waals surface area contributed by atoms with Gasteiger partial charge in [0.05, 0.1) is 10.8 Å². The molecule has 0 aliphatic carbocycles. The quantitative estimate of drug-likeness (QED) is 0.814. The molecule has 1 atom stereocenters. The summed E-state index contributed by atoms with van der Waals surface area (Å²) in [5.41, 5.74) is 0.160. The Morgan fingerprint density at radius 3 is 2.56 bits per heavy atom. The van der Waals surface area contributed by atoms with Crippen molar-refractivity contribution in [3.05, 3.63) is 35.1 Å². The third-order valence-electron chi connectivity index (χ3n) is 2.29. The number of benzene rings is 1. The van der Waals surface area contributed by atoms with Crippen molar-refractivity contribution < 1.29 is 17.6 Å². The van der Waals surface area contributed by atoms with Crippen molar-refractivity contribution in [2.24, 2.45) is 5.14 Å².